The van der Waals surface area contributed by atoms with Crippen LogP contribution < -0.4 is 16.4 Å². The summed E-state index contributed by atoms with van der Waals surface area (Å²) in [5.41, 5.74) is 13.8. The zero-order chi connectivity index (χ0) is 13.8. The Morgan fingerprint density at radius 3 is 2.74 bits per heavy atom. The zero-order valence-electron chi connectivity index (χ0n) is 10.9. The highest BCUT2D eigenvalue weighted by Crippen LogP contribution is 2.29. The molecule has 0 unspecified atom stereocenters. The van der Waals surface area contributed by atoms with Crippen molar-refractivity contribution < 1.29 is 9.59 Å². The van der Waals surface area contributed by atoms with Gasteiger partial charge in [-0.05, 0) is 36.6 Å². The Labute approximate surface area is 112 Å². The van der Waals surface area contributed by atoms with Gasteiger partial charge in [-0.15, -0.1) is 0 Å². The van der Waals surface area contributed by atoms with E-state index < -0.39 is 0 Å². The molecule has 0 radical (unpaired) electrons. The van der Waals surface area contributed by atoms with Crippen LogP contribution >= 0.6 is 0 Å². The van der Waals surface area contributed by atoms with E-state index in [1.165, 1.54) is 4.90 Å². The van der Waals surface area contributed by atoms with Crippen LogP contribution in [-0.4, -0.2) is 18.4 Å². The first kappa shape index (κ1) is 13.7. The summed E-state index contributed by atoms with van der Waals surface area (Å²) in [6, 6.07) is 5.65. The second kappa shape index (κ2) is 5.95. The van der Waals surface area contributed by atoms with Crippen molar-refractivity contribution >= 4 is 17.5 Å². The van der Waals surface area contributed by atoms with Crippen molar-refractivity contribution in [2.45, 2.75) is 32.2 Å². The second-order valence-corrected chi connectivity index (χ2v) is 4.68. The van der Waals surface area contributed by atoms with E-state index in [0.717, 1.165) is 11.1 Å². The van der Waals surface area contributed by atoms with Gasteiger partial charge in [0.1, 0.15) is 0 Å². The molecule has 2 amide bonds. The summed E-state index contributed by atoms with van der Waals surface area (Å²) in [4.78, 5) is 25.4. The summed E-state index contributed by atoms with van der Waals surface area (Å²) < 4.78 is 0. The quantitative estimate of drug-likeness (QED) is 0.834. The van der Waals surface area contributed by atoms with E-state index in [9.17, 15) is 9.59 Å². The highest BCUT2D eigenvalue weighted by atomic mass is 16.2. The molecule has 19 heavy (non-hydrogen) atoms. The fourth-order valence-electron chi connectivity index (χ4n) is 2.31. The number of nitrogens with zero attached hydrogens (tertiary/aromatic N) is 1. The first-order valence-corrected chi connectivity index (χ1v) is 6.55. The van der Waals surface area contributed by atoms with Gasteiger partial charge in [-0.1, -0.05) is 12.1 Å². The molecule has 5 nitrogen and oxygen atoms in total. The number of imide groups is 1. The Hall–Kier alpha value is -1.72. The number of carbonyl (C=O) groups excluding carboxylic acids is 2. The molecule has 0 saturated carbocycles. The molecule has 2 rings (SSSR count). The number of nitrogens with two attached hydrogens (primary N) is 2. The molecular formula is C14H19N3O2. The lowest BCUT2D eigenvalue weighted by atomic mass is 9.98. The standard InChI is InChI=1S/C14H19N3O2/c15-7-1-2-13(18)17-12-5-3-10(9-16)8-11(12)4-6-14(17)19/h3,5,8H,1-2,4,6-7,9,15-16H2. The number of carbonyl (C=O) groups is 2. The van der Waals surface area contributed by atoms with Gasteiger partial charge in [-0.2, -0.15) is 0 Å². The number of rotatable bonds is 4. The molecule has 1 heterocycles. The minimum atomic E-state index is -0.170. The molecule has 0 bridgehead atoms. The lowest BCUT2D eigenvalue weighted by molar-refractivity contribution is -0.126. The van der Waals surface area contributed by atoms with Crippen molar-refractivity contribution in [2.75, 3.05) is 11.4 Å². The lowest BCUT2D eigenvalue weighted by Crippen LogP contribution is -2.40. The van der Waals surface area contributed by atoms with Crippen LogP contribution in [0, 0.1) is 0 Å². The summed E-state index contributed by atoms with van der Waals surface area (Å²) >= 11 is 0. The number of hydrogen-bond acceptors (Lipinski definition) is 4. The summed E-state index contributed by atoms with van der Waals surface area (Å²) in [5, 5.41) is 0. The molecule has 0 aromatic heterocycles. The van der Waals surface area contributed by atoms with Gasteiger partial charge in [0.05, 0.1) is 5.69 Å². The Balaban J connectivity index is 2.30. The van der Waals surface area contributed by atoms with E-state index in [1.54, 1.807) is 0 Å². The molecule has 1 aromatic carbocycles. The topological polar surface area (TPSA) is 89.4 Å². The second-order valence-electron chi connectivity index (χ2n) is 4.68. The average molecular weight is 261 g/mol. The fourth-order valence-corrected chi connectivity index (χ4v) is 2.31. The van der Waals surface area contributed by atoms with E-state index in [2.05, 4.69) is 0 Å². The van der Waals surface area contributed by atoms with Crippen LogP contribution in [0.4, 0.5) is 5.69 Å². The summed E-state index contributed by atoms with van der Waals surface area (Å²) in [6.45, 7) is 0.912. The third-order valence-corrected chi connectivity index (χ3v) is 3.32. The van der Waals surface area contributed by atoms with Gasteiger partial charge < -0.3 is 11.5 Å². The molecule has 102 valence electrons. The van der Waals surface area contributed by atoms with Crippen molar-refractivity contribution in [1.29, 1.82) is 0 Å². The lowest BCUT2D eigenvalue weighted by Gasteiger charge is -2.28. The number of fused-ring (bicyclic) bond motifs is 1. The van der Waals surface area contributed by atoms with E-state index in [4.69, 9.17) is 11.5 Å². The number of amides is 2. The molecule has 1 aliphatic rings. The predicted octanol–water partition coefficient (Wildman–Crippen LogP) is 0.690. The molecule has 0 spiro atoms. The highest BCUT2D eigenvalue weighted by molar-refractivity contribution is 6.16. The maximum absolute atomic E-state index is 12.1. The van der Waals surface area contributed by atoms with Crippen molar-refractivity contribution in [3.8, 4) is 0 Å². The fraction of sp³-hybridized carbons (Fsp3) is 0.429. The van der Waals surface area contributed by atoms with Gasteiger partial charge in [-0.3, -0.25) is 14.5 Å². The van der Waals surface area contributed by atoms with Crippen molar-refractivity contribution in [2.24, 2.45) is 11.5 Å². The maximum atomic E-state index is 12.1. The van der Waals surface area contributed by atoms with E-state index in [1.807, 2.05) is 18.2 Å². The SMILES string of the molecule is NCCCC(=O)N1C(=O)CCc2cc(CN)ccc21. The molecule has 0 saturated heterocycles. The Kier molecular flexibility index (Phi) is 4.29. The van der Waals surface area contributed by atoms with Crippen molar-refractivity contribution in [1.82, 2.24) is 0 Å². The molecule has 1 aromatic rings. The Morgan fingerprint density at radius 1 is 1.26 bits per heavy atom. The first-order valence-electron chi connectivity index (χ1n) is 6.55. The van der Waals surface area contributed by atoms with Crippen LogP contribution in [0.25, 0.3) is 0 Å². The Morgan fingerprint density at radius 2 is 2.05 bits per heavy atom. The third-order valence-electron chi connectivity index (χ3n) is 3.32. The first-order chi connectivity index (χ1) is 9.17. The minimum Gasteiger partial charge on any atom is -0.330 e. The highest BCUT2D eigenvalue weighted by Gasteiger charge is 2.28. The van der Waals surface area contributed by atoms with Crippen LogP contribution in [0.15, 0.2) is 18.2 Å². The van der Waals surface area contributed by atoms with Gasteiger partial charge in [0.15, 0.2) is 0 Å². The molecule has 0 atom stereocenters. The zero-order valence-corrected chi connectivity index (χ0v) is 10.9. The van der Waals surface area contributed by atoms with E-state index in [-0.39, 0.29) is 11.8 Å². The van der Waals surface area contributed by atoms with Crippen LogP contribution in [0.2, 0.25) is 0 Å². The summed E-state index contributed by atoms with van der Waals surface area (Å²) in [7, 11) is 0. The predicted molar refractivity (Wildman–Crippen MR) is 73.4 cm³/mol. The Bertz CT molecular complexity index is 499. The number of aryl methyl sites for hydroxylation is 1. The van der Waals surface area contributed by atoms with Gasteiger partial charge in [0.2, 0.25) is 11.8 Å². The average Bonchev–Trinajstić information content (AvgIpc) is 2.44. The van der Waals surface area contributed by atoms with Crippen LogP contribution in [0.3, 0.4) is 0 Å². The molecule has 4 N–H and O–H groups in total. The third kappa shape index (κ3) is 2.83. The normalized spacial score (nSPS) is 14.4. The van der Waals surface area contributed by atoms with Gasteiger partial charge in [0, 0.05) is 19.4 Å². The smallest absolute Gasteiger partial charge is 0.234 e. The molecule has 0 fully saturated rings. The largest absolute Gasteiger partial charge is 0.330 e. The van der Waals surface area contributed by atoms with Crippen molar-refractivity contribution in [3.63, 3.8) is 0 Å². The maximum Gasteiger partial charge on any atom is 0.234 e. The number of hydrogen-bond donors (Lipinski definition) is 2. The number of anilines is 1. The van der Waals surface area contributed by atoms with Crippen molar-refractivity contribution in [3.05, 3.63) is 29.3 Å². The summed E-state index contributed by atoms with van der Waals surface area (Å²) in [6.07, 6.45) is 1.94. The monoisotopic (exact) mass is 261 g/mol. The van der Waals surface area contributed by atoms with Crippen LogP contribution in [-0.2, 0) is 22.6 Å². The van der Waals surface area contributed by atoms with E-state index in [0.29, 0.717) is 44.5 Å². The molecule has 0 aliphatic carbocycles. The van der Waals surface area contributed by atoms with Crippen LogP contribution in [0.1, 0.15) is 30.4 Å². The molecule has 5 heteroatoms. The minimum absolute atomic E-state index is 0.130. The van der Waals surface area contributed by atoms with Gasteiger partial charge >= 0.3 is 0 Å². The van der Waals surface area contributed by atoms with Crippen LogP contribution in [0.5, 0.6) is 0 Å². The molecular weight excluding hydrogens is 242 g/mol. The summed E-state index contributed by atoms with van der Waals surface area (Å²) in [5.74, 6) is -0.299. The molecule has 1 aliphatic heterocycles. The van der Waals surface area contributed by atoms with Gasteiger partial charge in [0.25, 0.3) is 0 Å². The number of benzene rings is 1. The van der Waals surface area contributed by atoms with Gasteiger partial charge in [-0.25, -0.2) is 0 Å². The van der Waals surface area contributed by atoms with E-state index >= 15 is 0 Å².